The molecule has 2 heterocycles. The van der Waals surface area contributed by atoms with Crippen LogP contribution in [-0.2, 0) is 0 Å². The molecule has 0 saturated heterocycles. The Morgan fingerprint density at radius 2 is 1.02 bits per heavy atom. The van der Waals surface area contributed by atoms with E-state index in [4.69, 9.17) is 23.6 Å². The topological polar surface area (TPSA) is 51.8 Å². The Hall–Kier alpha value is -6.13. The maximum Gasteiger partial charge on any atom is 0.164 e. The second kappa shape index (κ2) is 10.2. The Labute approximate surface area is 284 Å². The fourth-order valence-electron chi connectivity index (χ4n) is 5.06. The van der Waals surface area contributed by atoms with Crippen molar-refractivity contribution in [2.75, 3.05) is 0 Å². The molecule has 0 aliphatic rings. The number of aromatic nitrogens is 3. The van der Waals surface area contributed by atoms with Gasteiger partial charge < -0.3 is 4.42 Å². The van der Waals surface area contributed by atoms with Crippen molar-refractivity contribution in [1.82, 2.24) is 15.0 Å². The zero-order valence-electron chi connectivity index (χ0n) is 40.8. The van der Waals surface area contributed by atoms with Crippen molar-refractivity contribution in [2.24, 2.45) is 0 Å². The molecule has 0 aliphatic heterocycles. The zero-order chi connectivity index (χ0) is 45.4. The van der Waals surface area contributed by atoms with Crippen LogP contribution in [0.3, 0.4) is 0 Å². The van der Waals surface area contributed by atoms with Crippen LogP contribution in [0.5, 0.6) is 0 Å². The number of rotatable bonds is 4. The molecule has 0 radical (unpaired) electrons. The summed E-state index contributed by atoms with van der Waals surface area (Å²) >= 11 is 0. The predicted molar refractivity (Wildman–Crippen MR) is 184 cm³/mol. The van der Waals surface area contributed by atoms with Crippen LogP contribution in [-0.4, -0.2) is 15.0 Å². The lowest BCUT2D eigenvalue weighted by Crippen LogP contribution is -2.00. The molecular weight excluding hydrogens is 550 g/mol. The number of benzene rings is 7. The zero-order valence-corrected chi connectivity index (χ0v) is 22.8. The van der Waals surface area contributed by atoms with Crippen LogP contribution in [0.25, 0.3) is 88.8 Å². The van der Waals surface area contributed by atoms with Crippen LogP contribution in [0.2, 0.25) is 0 Å². The minimum Gasteiger partial charge on any atom is -0.456 e. The van der Waals surface area contributed by atoms with Crippen molar-refractivity contribution in [1.29, 1.82) is 0 Å². The summed E-state index contributed by atoms with van der Waals surface area (Å²) in [4.78, 5) is 13.6. The van der Waals surface area contributed by atoms with E-state index in [0.29, 0.717) is 27.5 Å². The molecule has 0 unspecified atom stereocenters. The molecule has 2 aromatic heterocycles. The molecule has 0 N–H and O–H groups in total. The van der Waals surface area contributed by atoms with Gasteiger partial charge in [0.2, 0.25) is 0 Å². The van der Waals surface area contributed by atoms with Gasteiger partial charge in [-0.15, -0.1) is 0 Å². The van der Waals surface area contributed by atoms with Crippen molar-refractivity contribution >= 4 is 43.5 Å². The number of hydrogen-bond acceptors (Lipinski definition) is 4. The van der Waals surface area contributed by atoms with Crippen LogP contribution in [0.15, 0.2) is 156 Å². The molecule has 4 nitrogen and oxygen atoms in total. The first-order valence-electron chi connectivity index (χ1n) is 22.6. The van der Waals surface area contributed by atoms with E-state index in [1.807, 2.05) is 0 Å². The van der Waals surface area contributed by atoms with Crippen LogP contribution in [0.1, 0.15) is 24.7 Å². The molecule has 0 atom stereocenters. The summed E-state index contributed by atoms with van der Waals surface area (Å²) in [6, 6.07) is -1.12. The summed E-state index contributed by atoms with van der Waals surface area (Å²) in [5.41, 5.74) is -0.924. The number of para-hydroxylation sites is 1. The first kappa shape index (κ1) is 13.2. The minimum atomic E-state index is -0.833. The van der Waals surface area contributed by atoms with Crippen molar-refractivity contribution in [2.45, 2.75) is 0 Å². The summed E-state index contributed by atoms with van der Waals surface area (Å²) < 4.78 is 163. The maximum absolute atomic E-state index is 9.44. The Kier molecular flexibility index (Phi) is 3.02. The number of hydrogen-bond donors (Lipinski definition) is 0. The molecule has 45 heavy (non-hydrogen) atoms. The molecule has 0 aliphatic carbocycles. The lowest BCUT2D eigenvalue weighted by Gasteiger charge is -2.10. The van der Waals surface area contributed by atoms with Crippen molar-refractivity contribution in [3.8, 4) is 45.3 Å². The van der Waals surface area contributed by atoms with Gasteiger partial charge in [0.1, 0.15) is 11.2 Å². The van der Waals surface area contributed by atoms with Crippen molar-refractivity contribution < 1.29 is 29.1 Å². The third-order valence-electron chi connectivity index (χ3n) is 7.10. The van der Waals surface area contributed by atoms with Gasteiger partial charge in [-0.25, -0.2) is 15.0 Å². The highest BCUT2D eigenvalue weighted by molar-refractivity contribution is 6.11. The highest BCUT2D eigenvalue weighted by Crippen LogP contribution is 2.37. The highest BCUT2D eigenvalue weighted by Gasteiger charge is 2.17. The number of nitrogens with zero attached hydrogens (tertiary/aromatic N) is 3. The molecule has 7 aromatic carbocycles. The normalized spacial score (nSPS) is 17.2. The Balaban J connectivity index is 1.37. The summed E-state index contributed by atoms with van der Waals surface area (Å²) in [6.07, 6.45) is 0. The fourth-order valence-corrected chi connectivity index (χ4v) is 5.06. The predicted octanol–water partition coefficient (Wildman–Crippen LogP) is 10.7. The SMILES string of the molecule is [2H]c1c([2H])c([2H])c(-c2nc(-c3c([2H])c([2H])c4c([2H])c(-c5c([2H])c([2H])c6c([2H])c([2H])c([2H])c([2H])c6c5[2H])c([2H])c([2H])c4c3[2H])nc(-c3cccc4oc5ccccc5c34)n2)c([2H])c1[2H]. The van der Waals surface area contributed by atoms with Gasteiger partial charge in [0.25, 0.3) is 0 Å². The van der Waals surface area contributed by atoms with Gasteiger partial charge in [-0.2, -0.15) is 0 Å². The van der Waals surface area contributed by atoms with Crippen molar-refractivity contribution in [3.05, 3.63) is 151 Å². The molecule has 0 bridgehead atoms. The molecule has 9 aromatic rings. The first-order valence-corrected chi connectivity index (χ1v) is 13.6. The van der Waals surface area contributed by atoms with E-state index in [2.05, 4.69) is 15.0 Å². The van der Waals surface area contributed by atoms with Crippen LogP contribution in [0, 0.1) is 0 Å². The molecule has 0 saturated carbocycles. The Morgan fingerprint density at radius 3 is 1.82 bits per heavy atom. The fraction of sp³-hybridized carbons (Fsp3) is 0. The smallest absolute Gasteiger partial charge is 0.164 e. The monoisotopic (exact) mass is 593 g/mol. The summed E-state index contributed by atoms with van der Waals surface area (Å²) in [5, 5.41) is -0.770. The van der Waals surface area contributed by atoms with Crippen molar-refractivity contribution in [3.63, 3.8) is 0 Å². The van der Waals surface area contributed by atoms with E-state index >= 15 is 0 Å². The third-order valence-corrected chi connectivity index (χ3v) is 7.10. The van der Waals surface area contributed by atoms with Gasteiger partial charge in [-0.05, 0) is 62.9 Å². The second-order valence-corrected chi connectivity index (χ2v) is 9.83. The van der Waals surface area contributed by atoms with Crippen LogP contribution >= 0.6 is 0 Å². The van der Waals surface area contributed by atoms with Gasteiger partial charge in [-0.1, -0.05) is 121 Å². The number of furan rings is 1. The molecule has 0 amide bonds. The molecule has 4 heteroatoms. The summed E-state index contributed by atoms with van der Waals surface area (Å²) in [5.74, 6) is -1.11. The van der Waals surface area contributed by atoms with Crippen LogP contribution in [0.4, 0.5) is 0 Å². The van der Waals surface area contributed by atoms with Crippen LogP contribution < -0.4 is 0 Å². The lowest BCUT2D eigenvalue weighted by molar-refractivity contribution is 0.669. The Morgan fingerprint density at radius 1 is 0.444 bits per heavy atom. The second-order valence-electron chi connectivity index (χ2n) is 9.83. The van der Waals surface area contributed by atoms with E-state index in [-0.39, 0.29) is 5.82 Å². The van der Waals surface area contributed by atoms with E-state index < -0.39 is 164 Å². The van der Waals surface area contributed by atoms with Gasteiger partial charge in [0.05, 0.1) is 24.7 Å². The van der Waals surface area contributed by atoms with E-state index in [1.165, 1.54) is 0 Å². The highest BCUT2D eigenvalue weighted by atomic mass is 16.3. The van der Waals surface area contributed by atoms with Gasteiger partial charge in [0, 0.05) is 27.5 Å². The van der Waals surface area contributed by atoms with E-state index in [9.17, 15) is 5.48 Å². The summed E-state index contributed by atoms with van der Waals surface area (Å²) in [7, 11) is 0. The molecule has 9 rings (SSSR count). The summed E-state index contributed by atoms with van der Waals surface area (Å²) in [6.45, 7) is 0. The first-order chi connectivity index (χ1) is 29.8. The standard InChI is InChI=1S/C41H25N3O/c1-2-10-27(11-3-1)39-42-40(44-41(43-39)35-14-8-16-37-38(35)34-13-6-7-15-36(34)45-37)33-22-21-31-24-30(19-20-32(31)25-33)29-18-17-26-9-4-5-12-28(26)23-29/h1-25H/i1D,2D,3D,4D,5D,9D,10D,11D,12D,17D,18D,19D,20D,21D,22D,23D,24D,25D. The molecule has 210 valence electrons. The molecular formula is C41H25N3O. The van der Waals surface area contributed by atoms with E-state index in [0.717, 1.165) is 0 Å². The van der Waals surface area contributed by atoms with Gasteiger partial charge >= 0.3 is 0 Å². The lowest BCUT2D eigenvalue weighted by atomic mass is 9.98. The van der Waals surface area contributed by atoms with Gasteiger partial charge in [-0.3, -0.25) is 0 Å². The van der Waals surface area contributed by atoms with E-state index in [1.54, 1.807) is 42.5 Å². The quantitative estimate of drug-likeness (QED) is 0.204. The third kappa shape index (κ3) is 4.43. The molecule has 0 spiro atoms. The average molecular weight is 594 g/mol. The number of fused-ring (bicyclic) bond motifs is 5. The minimum absolute atomic E-state index is 0.153. The average Bonchev–Trinajstić information content (AvgIpc) is 3.65. The maximum atomic E-state index is 9.44. The van der Waals surface area contributed by atoms with Gasteiger partial charge in [0.15, 0.2) is 17.5 Å². The largest absolute Gasteiger partial charge is 0.456 e. The Bertz CT molecular complexity index is 3540. The molecule has 0 fully saturated rings.